The summed E-state index contributed by atoms with van der Waals surface area (Å²) in [5.74, 6) is 2.64. The predicted molar refractivity (Wildman–Crippen MR) is 98.1 cm³/mol. The Labute approximate surface area is 152 Å². The van der Waals surface area contributed by atoms with Gasteiger partial charge in [-0.15, -0.1) is 0 Å². The molecule has 142 valence electrons. The van der Waals surface area contributed by atoms with E-state index in [2.05, 4.69) is 9.80 Å². The molecule has 0 radical (unpaired) electrons. The van der Waals surface area contributed by atoms with Crippen LogP contribution in [0.5, 0.6) is 0 Å². The molecule has 5 heteroatoms. The van der Waals surface area contributed by atoms with E-state index in [1.165, 1.54) is 38.6 Å². The van der Waals surface area contributed by atoms with Gasteiger partial charge in [0.15, 0.2) is 0 Å². The Hall–Kier alpha value is -0.650. The number of likely N-dealkylation sites (tertiary alicyclic amines) is 1. The molecule has 0 aromatic carbocycles. The number of carbonyl (C=O) groups excluding carboxylic acids is 1. The van der Waals surface area contributed by atoms with Crippen LogP contribution in [0.25, 0.3) is 0 Å². The molecule has 4 fully saturated rings. The Balaban J connectivity index is 1.25. The van der Waals surface area contributed by atoms with Gasteiger partial charge in [-0.25, -0.2) is 0 Å². The number of amides is 1. The third kappa shape index (κ3) is 4.04. The summed E-state index contributed by atoms with van der Waals surface area (Å²) in [5, 5.41) is 0. The molecule has 2 bridgehead atoms. The van der Waals surface area contributed by atoms with Crippen LogP contribution in [0.3, 0.4) is 0 Å². The van der Waals surface area contributed by atoms with Crippen LogP contribution in [-0.2, 0) is 9.53 Å². The molecular weight excluding hydrogens is 314 g/mol. The SMILES string of the molecule is NC1C2CCCC1CC(C(=O)N1CCC(CN3CCOCC3)CC1)C2. The zero-order valence-corrected chi connectivity index (χ0v) is 15.6. The lowest BCUT2D eigenvalue weighted by Crippen LogP contribution is -2.51. The van der Waals surface area contributed by atoms with Gasteiger partial charge in [0.25, 0.3) is 0 Å². The average Bonchev–Trinajstić information content (AvgIpc) is 2.62. The van der Waals surface area contributed by atoms with Gasteiger partial charge in [-0.2, -0.15) is 0 Å². The fourth-order valence-corrected chi connectivity index (χ4v) is 5.73. The Morgan fingerprint density at radius 1 is 0.960 bits per heavy atom. The lowest BCUT2D eigenvalue weighted by atomic mass is 9.65. The van der Waals surface area contributed by atoms with E-state index in [9.17, 15) is 4.79 Å². The molecule has 2 aliphatic carbocycles. The van der Waals surface area contributed by atoms with Crippen molar-refractivity contribution < 1.29 is 9.53 Å². The maximum atomic E-state index is 13.0. The largest absolute Gasteiger partial charge is 0.379 e. The molecule has 2 heterocycles. The van der Waals surface area contributed by atoms with Crippen LogP contribution in [0.4, 0.5) is 0 Å². The molecule has 2 unspecified atom stereocenters. The first-order chi connectivity index (χ1) is 12.2. The molecule has 0 aromatic heterocycles. The number of ether oxygens (including phenoxy) is 1. The van der Waals surface area contributed by atoms with Crippen LogP contribution in [0.15, 0.2) is 0 Å². The van der Waals surface area contributed by atoms with E-state index >= 15 is 0 Å². The predicted octanol–water partition coefficient (Wildman–Crippen LogP) is 1.71. The molecule has 4 rings (SSSR count). The maximum Gasteiger partial charge on any atom is 0.225 e. The summed E-state index contributed by atoms with van der Waals surface area (Å²) in [5.41, 5.74) is 6.39. The quantitative estimate of drug-likeness (QED) is 0.843. The summed E-state index contributed by atoms with van der Waals surface area (Å²) in [6.45, 7) is 7.02. The van der Waals surface area contributed by atoms with Gasteiger partial charge in [-0.1, -0.05) is 6.42 Å². The highest BCUT2D eigenvalue weighted by Gasteiger charge is 2.42. The van der Waals surface area contributed by atoms with E-state index in [0.717, 1.165) is 58.2 Å². The van der Waals surface area contributed by atoms with E-state index in [1.54, 1.807) is 0 Å². The molecule has 2 N–H and O–H groups in total. The third-order valence-corrected chi connectivity index (χ3v) is 7.31. The van der Waals surface area contributed by atoms with Gasteiger partial charge in [-0.05, 0) is 56.3 Å². The van der Waals surface area contributed by atoms with Crippen LogP contribution in [0, 0.1) is 23.7 Å². The van der Waals surface area contributed by atoms with Crippen LogP contribution in [-0.4, -0.2) is 67.7 Å². The van der Waals surface area contributed by atoms with Crippen molar-refractivity contribution in [2.75, 3.05) is 45.9 Å². The van der Waals surface area contributed by atoms with Crippen LogP contribution >= 0.6 is 0 Å². The van der Waals surface area contributed by atoms with Crippen molar-refractivity contribution in [3.63, 3.8) is 0 Å². The second kappa shape index (κ2) is 7.93. The fourth-order valence-electron chi connectivity index (χ4n) is 5.73. The number of hydrogen-bond acceptors (Lipinski definition) is 4. The average molecular weight is 350 g/mol. The number of hydrogen-bond donors (Lipinski definition) is 1. The minimum atomic E-state index is 0.255. The van der Waals surface area contributed by atoms with Gasteiger partial charge in [0, 0.05) is 44.7 Å². The molecule has 2 saturated heterocycles. The van der Waals surface area contributed by atoms with Crippen molar-refractivity contribution in [1.82, 2.24) is 9.80 Å². The number of morpholine rings is 1. The number of piperidine rings is 1. The molecule has 1 amide bonds. The topological polar surface area (TPSA) is 58.8 Å². The van der Waals surface area contributed by atoms with Crippen molar-refractivity contribution in [2.45, 2.75) is 51.0 Å². The van der Waals surface area contributed by atoms with Crippen LogP contribution in [0.2, 0.25) is 0 Å². The van der Waals surface area contributed by atoms with E-state index in [0.29, 0.717) is 23.8 Å². The first kappa shape index (κ1) is 17.7. The molecule has 0 aromatic rings. The fraction of sp³-hybridized carbons (Fsp3) is 0.950. The highest BCUT2D eigenvalue weighted by molar-refractivity contribution is 5.79. The standard InChI is InChI=1S/C20H35N3O2/c21-19-16-2-1-3-17(19)13-18(12-16)20(24)23-6-4-15(5-7-23)14-22-8-10-25-11-9-22/h15-19H,1-14,21H2. The molecule has 2 saturated carbocycles. The molecular formula is C20H35N3O2. The number of carbonyl (C=O) groups is 1. The van der Waals surface area contributed by atoms with Gasteiger partial charge in [-0.3, -0.25) is 9.69 Å². The minimum absolute atomic E-state index is 0.255. The zero-order chi connectivity index (χ0) is 17.2. The monoisotopic (exact) mass is 349 g/mol. The first-order valence-electron chi connectivity index (χ1n) is 10.5. The Kier molecular flexibility index (Phi) is 5.63. The smallest absolute Gasteiger partial charge is 0.225 e. The lowest BCUT2D eigenvalue weighted by Gasteiger charge is -2.45. The molecule has 4 aliphatic rings. The van der Waals surface area contributed by atoms with Crippen molar-refractivity contribution >= 4 is 5.91 Å². The molecule has 2 aliphatic heterocycles. The van der Waals surface area contributed by atoms with Gasteiger partial charge in [0.2, 0.25) is 5.91 Å². The van der Waals surface area contributed by atoms with Crippen molar-refractivity contribution in [3.05, 3.63) is 0 Å². The van der Waals surface area contributed by atoms with Crippen molar-refractivity contribution in [3.8, 4) is 0 Å². The minimum Gasteiger partial charge on any atom is -0.379 e. The molecule has 5 nitrogen and oxygen atoms in total. The molecule has 25 heavy (non-hydrogen) atoms. The van der Waals surface area contributed by atoms with Gasteiger partial charge in [0.1, 0.15) is 0 Å². The summed E-state index contributed by atoms with van der Waals surface area (Å²) in [6.07, 6.45) is 8.22. The van der Waals surface area contributed by atoms with Crippen LogP contribution in [0.1, 0.15) is 44.9 Å². The van der Waals surface area contributed by atoms with E-state index in [4.69, 9.17) is 10.5 Å². The number of nitrogens with zero attached hydrogens (tertiary/aromatic N) is 2. The normalized spacial score (nSPS) is 37.9. The summed E-state index contributed by atoms with van der Waals surface area (Å²) < 4.78 is 5.44. The highest BCUT2D eigenvalue weighted by atomic mass is 16.5. The lowest BCUT2D eigenvalue weighted by molar-refractivity contribution is -0.140. The summed E-state index contributed by atoms with van der Waals surface area (Å²) in [7, 11) is 0. The first-order valence-corrected chi connectivity index (χ1v) is 10.5. The van der Waals surface area contributed by atoms with E-state index < -0.39 is 0 Å². The molecule has 0 spiro atoms. The third-order valence-electron chi connectivity index (χ3n) is 7.31. The number of nitrogens with two attached hydrogens (primary N) is 1. The van der Waals surface area contributed by atoms with Crippen molar-refractivity contribution in [2.24, 2.45) is 29.4 Å². The van der Waals surface area contributed by atoms with Crippen molar-refractivity contribution in [1.29, 1.82) is 0 Å². The van der Waals surface area contributed by atoms with Gasteiger partial charge < -0.3 is 15.4 Å². The van der Waals surface area contributed by atoms with Gasteiger partial charge in [0.05, 0.1) is 13.2 Å². The Bertz CT molecular complexity index is 444. The van der Waals surface area contributed by atoms with Gasteiger partial charge >= 0.3 is 0 Å². The second-order valence-corrected chi connectivity index (χ2v) is 8.88. The molecule has 2 atom stereocenters. The number of rotatable bonds is 3. The van der Waals surface area contributed by atoms with E-state index in [-0.39, 0.29) is 5.92 Å². The Morgan fingerprint density at radius 3 is 2.24 bits per heavy atom. The Morgan fingerprint density at radius 2 is 1.60 bits per heavy atom. The number of fused-ring (bicyclic) bond motifs is 2. The van der Waals surface area contributed by atoms with Crippen LogP contribution < -0.4 is 5.73 Å². The summed E-state index contributed by atoms with van der Waals surface area (Å²) in [6, 6.07) is 0.358. The summed E-state index contributed by atoms with van der Waals surface area (Å²) >= 11 is 0. The second-order valence-electron chi connectivity index (χ2n) is 8.88. The van der Waals surface area contributed by atoms with E-state index in [1.807, 2.05) is 0 Å². The summed E-state index contributed by atoms with van der Waals surface area (Å²) in [4.78, 5) is 17.8. The zero-order valence-electron chi connectivity index (χ0n) is 15.6. The maximum absolute atomic E-state index is 13.0. The highest BCUT2D eigenvalue weighted by Crippen LogP contribution is 2.42.